The van der Waals surface area contributed by atoms with Gasteiger partial charge in [-0.05, 0) is 84.1 Å². The topological polar surface area (TPSA) is 3.24 Å². The predicted molar refractivity (Wildman–Crippen MR) is 137 cm³/mol. The van der Waals surface area contributed by atoms with Crippen LogP contribution in [0.25, 0.3) is 5.70 Å². The van der Waals surface area contributed by atoms with Gasteiger partial charge in [-0.15, -0.1) is 0 Å². The van der Waals surface area contributed by atoms with E-state index in [-0.39, 0.29) is 0 Å². The van der Waals surface area contributed by atoms with E-state index in [0.29, 0.717) is 5.92 Å². The smallest absolute Gasteiger partial charge is 0.0489 e. The molecule has 1 nitrogen and oxygen atoms in total. The van der Waals surface area contributed by atoms with Crippen LogP contribution in [0.3, 0.4) is 0 Å². The van der Waals surface area contributed by atoms with Gasteiger partial charge in [0.15, 0.2) is 0 Å². The number of fused-ring (bicyclic) bond motifs is 3. The number of allylic oxidation sites excluding steroid dienone is 4. The lowest BCUT2D eigenvalue weighted by molar-refractivity contribution is 0.401. The summed E-state index contributed by atoms with van der Waals surface area (Å²) in [4.78, 5) is 2.48. The van der Waals surface area contributed by atoms with E-state index in [9.17, 15) is 0 Å². The molecule has 0 aliphatic carbocycles. The van der Waals surface area contributed by atoms with Crippen LogP contribution >= 0.6 is 0 Å². The number of rotatable bonds is 10. The monoisotopic (exact) mass is 417 g/mol. The van der Waals surface area contributed by atoms with Gasteiger partial charge in [-0.2, -0.15) is 0 Å². The van der Waals surface area contributed by atoms with Crippen molar-refractivity contribution in [3.63, 3.8) is 0 Å². The van der Waals surface area contributed by atoms with E-state index in [2.05, 4.69) is 77.1 Å². The second-order valence-electron chi connectivity index (χ2n) is 10.1. The maximum Gasteiger partial charge on any atom is 0.0489 e. The molecule has 1 aromatic rings. The summed E-state index contributed by atoms with van der Waals surface area (Å²) in [7, 11) is 0. The summed E-state index contributed by atoms with van der Waals surface area (Å²) < 4.78 is 0. The maximum absolute atomic E-state index is 4.35. The second kappa shape index (κ2) is 10.5. The lowest BCUT2D eigenvalue weighted by atomic mass is 9.79. The van der Waals surface area contributed by atoms with Crippen LogP contribution in [0.1, 0.15) is 101 Å². The molecule has 0 N–H and O–H groups in total. The summed E-state index contributed by atoms with van der Waals surface area (Å²) in [6, 6.07) is 5.10. The second-order valence-corrected chi connectivity index (χ2v) is 10.1. The van der Waals surface area contributed by atoms with Gasteiger partial charge in [0.2, 0.25) is 0 Å². The van der Waals surface area contributed by atoms with Crippen LogP contribution < -0.4 is 0 Å². The van der Waals surface area contributed by atoms with Crippen LogP contribution in [-0.4, -0.2) is 11.4 Å². The lowest BCUT2D eigenvalue weighted by Gasteiger charge is -2.40. The molecule has 0 saturated heterocycles. The number of unbranched alkanes of at least 4 members (excludes halogenated alkanes) is 3. The van der Waals surface area contributed by atoms with Crippen LogP contribution in [-0.2, 0) is 12.8 Å². The van der Waals surface area contributed by atoms with Gasteiger partial charge in [0.1, 0.15) is 0 Å². The van der Waals surface area contributed by atoms with E-state index in [4.69, 9.17) is 0 Å². The minimum absolute atomic E-state index is 0.587. The molecule has 31 heavy (non-hydrogen) atoms. The molecule has 3 rings (SSSR count). The molecule has 1 atom stereocenters. The largest absolute Gasteiger partial charge is 0.346 e. The molecule has 0 fully saturated rings. The average molecular weight is 418 g/mol. The maximum atomic E-state index is 4.35. The number of benzene rings is 1. The molecule has 0 amide bonds. The Bertz CT molecular complexity index is 880. The van der Waals surface area contributed by atoms with Crippen molar-refractivity contribution in [2.45, 2.75) is 91.9 Å². The molecule has 0 saturated carbocycles. The highest BCUT2D eigenvalue weighted by molar-refractivity contribution is 5.77. The minimum atomic E-state index is 0.587. The quantitative estimate of drug-likeness (QED) is 0.344. The number of hydrogen-bond acceptors (Lipinski definition) is 1. The zero-order valence-corrected chi connectivity index (χ0v) is 20.7. The first-order chi connectivity index (χ1) is 14.8. The van der Waals surface area contributed by atoms with E-state index >= 15 is 0 Å². The predicted octanol–water partition coefficient (Wildman–Crippen LogP) is 8.58. The van der Waals surface area contributed by atoms with Gasteiger partial charge in [0, 0.05) is 29.9 Å². The Labute approximate surface area is 191 Å². The fourth-order valence-corrected chi connectivity index (χ4v) is 5.09. The number of nitrogens with zero attached hydrogens (tertiary/aromatic N) is 1. The highest BCUT2D eigenvalue weighted by atomic mass is 15.1. The molecule has 0 aromatic heterocycles. The van der Waals surface area contributed by atoms with Crippen LogP contribution in [0.2, 0.25) is 0 Å². The van der Waals surface area contributed by atoms with Crippen LogP contribution in [0.15, 0.2) is 54.3 Å². The fourth-order valence-electron chi connectivity index (χ4n) is 5.09. The van der Waals surface area contributed by atoms with Crippen LogP contribution in [0.4, 0.5) is 0 Å². The summed E-state index contributed by atoms with van der Waals surface area (Å²) in [6.07, 6.45) is 14.8. The van der Waals surface area contributed by atoms with Gasteiger partial charge < -0.3 is 4.90 Å². The van der Waals surface area contributed by atoms with E-state index in [1.807, 2.05) is 0 Å². The van der Waals surface area contributed by atoms with Gasteiger partial charge in [-0.1, -0.05) is 72.6 Å². The van der Waals surface area contributed by atoms with Crippen molar-refractivity contribution in [3.05, 3.63) is 76.5 Å². The van der Waals surface area contributed by atoms with Crippen LogP contribution in [0, 0.1) is 5.92 Å². The first-order valence-electron chi connectivity index (χ1n) is 12.6. The SMILES string of the molecule is C=C(C)C1=CN2C[C@H](CCC(C)C)c3cc(CCCCCC)c(CC)cc3C2=CC1=C. The summed E-state index contributed by atoms with van der Waals surface area (Å²) in [5.74, 6) is 1.33. The zero-order chi connectivity index (χ0) is 22.5. The Hall–Kier alpha value is -2.02. The Morgan fingerprint density at radius 1 is 1.13 bits per heavy atom. The third-order valence-corrected chi connectivity index (χ3v) is 6.99. The van der Waals surface area contributed by atoms with Gasteiger partial charge in [0.25, 0.3) is 0 Å². The van der Waals surface area contributed by atoms with Crippen molar-refractivity contribution in [3.8, 4) is 0 Å². The van der Waals surface area contributed by atoms with E-state index in [1.54, 1.807) is 11.1 Å². The number of aryl methyl sites for hydroxylation is 2. The Balaban J connectivity index is 2.01. The van der Waals surface area contributed by atoms with Crippen LogP contribution in [0.5, 0.6) is 0 Å². The summed E-state index contributed by atoms with van der Waals surface area (Å²) in [5, 5.41) is 0. The third-order valence-electron chi connectivity index (χ3n) is 6.99. The Morgan fingerprint density at radius 2 is 1.90 bits per heavy atom. The molecule has 2 heterocycles. The lowest BCUT2D eigenvalue weighted by Crippen LogP contribution is -2.31. The van der Waals surface area contributed by atoms with E-state index in [1.165, 1.54) is 67.3 Å². The average Bonchev–Trinajstić information content (AvgIpc) is 2.74. The van der Waals surface area contributed by atoms with E-state index < -0.39 is 0 Å². The molecule has 0 bridgehead atoms. The van der Waals surface area contributed by atoms with Crippen molar-refractivity contribution < 1.29 is 0 Å². The molecule has 0 spiro atoms. The first kappa shape index (κ1) is 23.6. The molecule has 0 unspecified atom stereocenters. The highest BCUT2D eigenvalue weighted by Gasteiger charge is 2.31. The normalized spacial score (nSPS) is 17.9. The van der Waals surface area contributed by atoms with Crippen molar-refractivity contribution in [1.82, 2.24) is 4.90 Å². The number of hydrogen-bond donors (Lipinski definition) is 0. The molecule has 1 aromatic carbocycles. The minimum Gasteiger partial charge on any atom is -0.346 e. The molecule has 1 heteroatoms. The molecular weight excluding hydrogens is 374 g/mol. The standard InChI is InChI=1S/C30H43N/c1-8-10-11-12-13-25-18-27-26(15-14-21(3)4)19-31-20-29(22(5)6)23(7)16-30(31)28(27)17-24(25)9-2/h16-18,20-21,26H,5,7-15,19H2,1-4,6H3/t26-/m0/s1. The first-order valence-corrected chi connectivity index (χ1v) is 12.6. The Kier molecular flexibility index (Phi) is 8.03. The van der Waals surface area contributed by atoms with Gasteiger partial charge in [-0.3, -0.25) is 0 Å². The third kappa shape index (κ3) is 5.43. The molecule has 0 radical (unpaired) electrons. The molecular formula is C30H43N. The van der Waals surface area contributed by atoms with Crippen molar-refractivity contribution in [2.24, 2.45) is 5.92 Å². The van der Waals surface area contributed by atoms with Gasteiger partial charge in [0.05, 0.1) is 0 Å². The molecule has 2 aliphatic heterocycles. The van der Waals surface area contributed by atoms with Gasteiger partial charge >= 0.3 is 0 Å². The fraction of sp³-hybridized carbons (Fsp3) is 0.533. The molecule has 168 valence electrons. The Morgan fingerprint density at radius 3 is 2.55 bits per heavy atom. The summed E-state index contributed by atoms with van der Waals surface area (Å²) in [6.45, 7) is 21.0. The summed E-state index contributed by atoms with van der Waals surface area (Å²) in [5.41, 5.74) is 10.8. The summed E-state index contributed by atoms with van der Waals surface area (Å²) >= 11 is 0. The highest BCUT2D eigenvalue weighted by Crippen LogP contribution is 2.43. The van der Waals surface area contributed by atoms with Crippen molar-refractivity contribution in [2.75, 3.05) is 6.54 Å². The zero-order valence-electron chi connectivity index (χ0n) is 20.7. The van der Waals surface area contributed by atoms with Crippen molar-refractivity contribution >= 4 is 5.70 Å². The van der Waals surface area contributed by atoms with Gasteiger partial charge in [-0.25, -0.2) is 0 Å². The van der Waals surface area contributed by atoms with E-state index in [0.717, 1.165) is 30.0 Å². The molecule has 2 aliphatic rings. The van der Waals surface area contributed by atoms with Crippen molar-refractivity contribution in [1.29, 1.82) is 0 Å².